The van der Waals surface area contributed by atoms with Gasteiger partial charge in [0.1, 0.15) is 0 Å². The van der Waals surface area contributed by atoms with Crippen molar-refractivity contribution in [2.75, 3.05) is 23.9 Å². The van der Waals surface area contributed by atoms with Crippen LogP contribution in [0.4, 0.5) is 0 Å². The molecule has 2 nitrogen and oxygen atoms in total. The molecule has 0 amide bonds. The molecule has 0 radical (unpaired) electrons. The SMILES string of the molecule is CC(SCC(O)CO)C1SCCS1. The van der Waals surface area contributed by atoms with E-state index in [0.717, 1.165) is 0 Å². The first-order chi connectivity index (χ1) is 6.24. The monoisotopic (exact) mass is 240 g/mol. The molecule has 0 saturated carbocycles. The second-order valence-corrected chi connectivity index (χ2v) is 7.19. The van der Waals surface area contributed by atoms with Crippen LogP contribution in [0, 0.1) is 0 Å². The molecule has 1 rings (SSSR count). The van der Waals surface area contributed by atoms with E-state index in [9.17, 15) is 0 Å². The van der Waals surface area contributed by atoms with E-state index in [0.29, 0.717) is 15.6 Å². The highest BCUT2D eigenvalue weighted by Gasteiger charge is 2.23. The molecule has 2 unspecified atom stereocenters. The Labute approximate surface area is 92.2 Å². The molecule has 0 spiro atoms. The van der Waals surface area contributed by atoms with E-state index in [-0.39, 0.29) is 6.61 Å². The van der Waals surface area contributed by atoms with E-state index in [4.69, 9.17) is 10.2 Å². The van der Waals surface area contributed by atoms with Crippen LogP contribution in [0.25, 0.3) is 0 Å². The van der Waals surface area contributed by atoms with Gasteiger partial charge in [0.25, 0.3) is 0 Å². The molecule has 2 atom stereocenters. The summed E-state index contributed by atoms with van der Waals surface area (Å²) in [7, 11) is 0. The number of rotatable bonds is 5. The smallest absolute Gasteiger partial charge is 0.0861 e. The van der Waals surface area contributed by atoms with Gasteiger partial charge in [0.15, 0.2) is 0 Å². The third-order valence-corrected chi connectivity index (χ3v) is 6.94. The normalized spacial score (nSPS) is 23.3. The van der Waals surface area contributed by atoms with E-state index in [1.54, 1.807) is 11.8 Å². The number of hydrogen-bond donors (Lipinski definition) is 2. The summed E-state index contributed by atoms with van der Waals surface area (Å²) in [5, 5.41) is 18.4. The van der Waals surface area contributed by atoms with Crippen LogP contribution in [0.3, 0.4) is 0 Å². The molecule has 0 aliphatic carbocycles. The Kier molecular flexibility index (Phi) is 5.98. The van der Waals surface area contributed by atoms with Crippen molar-refractivity contribution in [3.63, 3.8) is 0 Å². The topological polar surface area (TPSA) is 40.5 Å². The van der Waals surface area contributed by atoms with Crippen molar-refractivity contribution in [1.82, 2.24) is 0 Å². The molecule has 0 aromatic heterocycles. The molecule has 1 heterocycles. The van der Waals surface area contributed by atoms with E-state index in [1.807, 2.05) is 23.5 Å². The summed E-state index contributed by atoms with van der Waals surface area (Å²) in [6.45, 7) is 2.08. The first-order valence-electron chi connectivity index (χ1n) is 4.37. The Balaban J connectivity index is 2.12. The first kappa shape index (κ1) is 12.0. The third-order valence-electron chi connectivity index (χ3n) is 1.79. The summed E-state index contributed by atoms with van der Waals surface area (Å²) in [6.07, 6.45) is -0.552. The van der Waals surface area contributed by atoms with Crippen molar-refractivity contribution in [2.45, 2.75) is 22.9 Å². The molecular weight excluding hydrogens is 224 g/mol. The van der Waals surface area contributed by atoms with E-state index in [1.165, 1.54) is 11.5 Å². The van der Waals surface area contributed by atoms with Gasteiger partial charge in [0, 0.05) is 22.5 Å². The van der Waals surface area contributed by atoms with Gasteiger partial charge in [-0.3, -0.25) is 0 Å². The highest BCUT2D eigenvalue weighted by molar-refractivity contribution is 8.21. The van der Waals surface area contributed by atoms with Crippen LogP contribution in [-0.4, -0.2) is 50.0 Å². The molecule has 2 N–H and O–H groups in total. The van der Waals surface area contributed by atoms with Crippen molar-refractivity contribution >= 4 is 35.3 Å². The van der Waals surface area contributed by atoms with Crippen molar-refractivity contribution in [3.8, 4) is 0 Å². The van der Waals surface area contributed by atoms with Gasteiger partial charge in [-0.2, -0.15) is 11.8 Å². The second kappa shape index (κ2) is 6.45. The maximum atomic E-state index is 9.17. The summed E-state index contributed by atoms with van der Waals surface area (Å²) < 4.78 is 0.677. The molecule has 78 valence electrons. The Bertz CT molecular complexity index is 139. The van der Waals surface area contributed by atoms with Gasteiger partial charge >= 0.3 is 0 Å². The van der Waals surface area contributed by atoms with Gasteiger partial charge in [-0.1, -0.05) is 6.92 Å². The molecule has 1 saturated heterocycles. The van der Waals surface area contributed by atoms with Crippen LogP contribution in [0.1, 0.15) is 6.92 Å². The van der Waals surface area contributed by atoms with E-state index in [2.05, 4.69) is 6.92 Å². The maximum absolute atomic E-state index is 9.17. The fourth-order valence-corrected chi connectivity index (χ4v) is 5.51. The summed E-state index contributed by atoms with van der Waals surface area (Å²) in [5.41, 5.74) is 0. The predicted octanol–water partition coefficient (Wildman–Crippen LogP) is 1.27. The van der Waals surface area contributed by atoms with E-state index < -0.39 is 6.10 Å². The lowest BCUT2D eigenvalue weighted by Crippen LogP contribution is -2.19. The predicted molar refractivity (Wildman–Crippen MR) is 63.7 cm³/mol. The van der Waals surface area contributed by atoms with Gasteiger partial charge in [-0.15, -0.1) is 23.5 Å². The Hall–Kier alpha value is 0.970. The fourth-order valence-electron chi connectivity index (χ4n) is 1.04. The summed E-state index contributed by atoms with van der Waals surface area (Å²) in [5.74, 6) is 3.15. The van der Waals surface area contributed by atoms with Crippen molar-refractivity contribution in [3.05, 3.63) is 0 Å². The second-order valence-electron chi connectivity index (χ2n) is 2.98. The fraction of sp³-hybridized carbons (Fsp3) is 1.00. The first-order valence-corrected chi connectivity index (χ1v) is 7.52. The quantitative estimate of drug-likeness (QED) is 0.757. The van der Waals surface area contributed by atoms with Crippen LogP contribution >= 0.6 is 35.3 Å². The highest BCUT2D eigenvalue weighted by atomic mass is 32.2. The van der Waals surface area contributed by atoms with Gasteiger partial charge in [0.05, 0.1) is 17.3 Å². The highest BCUT2D eigenvalue weighted by Crippen LogP contribution is 2.38. The zero-order valence-corrected chi connectivity index (χ0v) is 10.1. The van der Waals surface area contributed by atoms with Crippen LogP contribution < -0.4 is 0 Å². The standard InChI is InChI=1S/C8H16O2S3/c1-6(8-11-2-3-12-8)13-5-7(10)4-9/h6-10H,2-5H2,1H3. The minimum absolute atomic E-state index is 0.120. The van der Waals surface area contributed by atoms with Crippen LogP contribution in [-0.2, 0) is 0 Å². The molecule has 1 aliphatic rings. The molecule has 1 fully saturated rings. The van der Waals surface area contributed by atoms with E-state index >= 15 is 0 Å². The molecule has 0 bridgehead atoms. The van der Waals surface area contributed by atoms with Gasteiger partial charge < -0.3 is 10.2 Å². The maximum Gasteiger partial charge on any atom is 0.0861 e. The van der Waals surface area contributed by atoms with Gasteiger partial charge in [0.2, 0.25) is 0 Å². The van der Waals surface area contributed by atoms with Crippen molar-refractivity contribution < 1.29 is 10.2 Å². The zero-order valence-electron chi connectivity index (χ0n) is 7.68. The number of hydrogen-bond acceptors (Lipinski definition) is 5. The third kappa shape index (κ3) is 4.34. The Morgan fingerprint density at radius 3 is 2.62 bits per heavy atom. The van der Waals surface area contributed by atoms with Crippen LogP contribution in [0.15, 0.2) is 0 Å². The lowest BCUT2D eigenvalue weighted by molar-refractivity contribution is 0.113. The van der Waals surface area contributed by atoms with Gasteiger partial charge in [-0.25, -0.2) is 0 Å². The molecule has 0 aromatic rings. The lowest BCUT2D eigenvalue weighted by Gasteiger charge is -2.18. The lowest BCUT2D eigenvalue weighted by atomic mass is 10.4. The molecule has 5 heteroatoms. The van der Waals surface area contributed by atoms with Crippen molar-refractivity contribution in [2.24, 2.45) is 0 Å². The van der Waals surface area contributed by atoms with Crippen molar-refractivity contribution in [1.29, 1.82) is 0 Å². The molecule has 13 heavy (non-hydrogen) atoms. The molecule has 0 aromatic carbocycles. The average molecular weight is 240 g/mol. The Morgan fingerprint density at radius 1 is 1.46 bits per heavy atom. The largest absolute Gasteiger partial charge is 0.394 e. The Morgan fingerprint density at radius 2 is 2.08 bits per heavy atom. The summed E-state index contributed by atoms with van der Waals surface area (Å²) in [6, 6.07) is 0. The van der Waals surface area contributed by atoms with Crippen LogP contribution in [0.5, 0.6) is 0 Å². The summed E-state index contributed by atoms with van der Waals surface area (Å²) in [4.78, 5) is 0. The number of thioether (sulfide) groups is 3. The minimum Gasteiger partial charge on any atom is -0.394 e. The molecular formula is C8H16O2S3. The molecule has 1 aliphatic heterocycles. The number of aliphatic hydroxyl groups excluding tert-OH is 2. The summed E-state index contributed by atoms with van der Waals surface area (Å²) >= 11 is 5.77. The van der Waals surface area contributed by atoms with Crippen LogP contribution in [0.2, 0.25) is 0 Å². The zero-order chi connectivity index (χ0) is 9.68. The number of aliphatic hydroxyl groups is 2. The van der Waals surface area contributed by atoms with Gasteiger partial charge in [-0.05, 0) is 0 Å². The minimum atomic E-state index is -0.552. The average Bonchev–Trinajstić information content (AvgIpc) is 2.66.